The third-order valence-electron chi connectivity index (χ3n) is 5.33. The maximum atomic E-state index is 12.0. The second kappa shape index (κ2) is 4.05. The van der Waals surface area contributed by atoms with Crippen molar-refractivity contribution in [3.8, 4) is 0 Å². The van der Waals surface area contributed by atoms with Crippen LogP contribution in [0.2, 0.25) is 0 Å². The number of ketones is 1. The first-order valence-corrected chi connectivity index (χ1v) is 7.59. The molecule has 0 aromatic heterocycles. The Bertz CT molecular complexity index is 589. The average molecular weight is 268 g/mol. The lowest BCUT2D eigenvalue weighted by molar-refractivity contribution is -0.114. The molecule has 0 unspecified atom stereocenters. The molecule has 0 amide bonds. The highest BCUT2D eigenvalue weighted by Crippen LogP contribution is 2.66. The van der Waals surface area contributed by atoms with E-state index >= 15 is 0 Å². The Balaban J connectivity index is 1.72. The van der Waals surface area contributed by atoms with Crippen LogP contribution in [0, 0.1) is 11.8 Å². The first-order valence-electron chi connectivity index (χ1n) is 7.59. The van der Waals surface area contributed by atoms with Gasteiger partial charge in [0.15, 0.2) is 5.78 Å². The molecule has 2 heteroatoms. The predicted molar refractivity (Wildman–Crippen MR) is 77.4 cm³/mol. The third-order valence-corrected chi connectivity index (χ3v) is 5.33. The molecule has 3 aliphatic rings. The number of benzene rings is 1. The summed E-state index contributed by atoms with van der Waals surface area (Å²) in [6.07, 6.45) is 4.68. The van der Waals surface area contributed by atoms with Gasteiger partial charge < -0.3 is 4.74 Å². The SMILES string of the molecule is CC(=O)C1=C[C@H](C)C[C@H]2C[C@H](c3ccccc3)[C@@H]3O[C@]123. The number of hydrogen-bond acceptors (Lipinski definition) is 2. The van der Waals surface area contributed by atoms with E-state index in [0.717, 1.165) is 18.4 Å². The van der Waals surface area contributed by atoms with Crippen molar-refractivity contribution in [3.63, 3.8) is 0 Å². The normalized spacial score (nSPS) is 41.6. The number of hydrogen-bond donors (Lipinski definition) is 0. The average Bonchev–Trinajstić information content (AvgIpc) is 3.08. The first kappa shape index (κ1) is 12.3. The molecule has 104 valence electrons. The van der Waals surface area contributed by atoms with E-state index in [1.807, 2.05) is 0 Å². The third kappa shape index (κ3) is 1.51. The van der Waals surface area contributed by atoms with E-state index in [1.165, 1.54) is 5.56 Å². The Morgan fingerprint density at radius 2 is 2.00 bits per heavy atom. The highest BCUT2D eigenvalue weighted by Gasteiger charge is 2.72. The molecule has 0 N–H and O–H groups in total. The number of Topliss-reactive ketones (excluding diaryl/α,β-unsaturated/α-hetero) is 1. The van der Waals surface area contributed by atoms with Crippen LogP contribution in [-0.4, -0.2) is 17.5 Å². The summed E-state index contributed by atoms with van der Waals surface area (Å²) < 4.78 is 6.14. The van der Waals surface area contributed by atoms with Crippen LogP contribution < -0.4 is 0 Å². The van der Waals surface area contributed by atoms with Crippen LogP contribution in [0.4, 0.5) is 0 Å². The molecule has 2 nitrogen and oxygen atoms in total. The van der Waals surface area contributed by atoms with E-state index in [1.54, 1.807) is 6.92 Å². The van der Waals surface area contributed by atoms with Crippen LogP contribution in [0.3, 0.4) is 0 Å². The van der Waals surface area contributed by atoms with Crippen molar-refractivity contribution in [2.45, 2.75) is 44.3 Å². The molecule has 1 aromatic rings. The summed E-state index contributed by atoms with van der Waals surface area (Å²) in [5, 5.41) is 0. The second-order valence-corrected chi connectivity index (χ2v) is 6.63. The van der Waals surface area contributed by atoms with Gasteiger partial charge in [-0.3, -0.25) is 4.79 Å². The number of epoxide rings is 1. The van der Waals surface area contributed by atoms with Crippen molar-refractivity contribution in [1.82, 2.24) is 0 Å². The Morgan fingerprint density at radius 3 is 2.70 bits per heavy atom. The molecule has 20 heavy (non-hydrogen) atoms. The van der Waals surface area contributed by atoms with Crippen molar-refractivity contribution in [3.05, 3.63) is 47.5 Å². The van der Waals surface area contributed by atoms with Gasteiger partial charge in [-0.05, 0) is 37.2 Å². The minimum atomic E-state index is -0.237. The van der Waals surface area contributed by atoms with Crippen molar-refractivity contribution < 1.29 is 9.53 Å². The van der Waals surface area contributed by atoms with Gasteiger partial charge in [-0.1, -0.05) is 43.3 Å². The van der Waals surface area contributed by atoms with Gasteiger partial charge in [-0.2, -0.15) is 0 Å². The first-order chi connectivity index (χ1) is 9.63. The topological polar surface area (TPSA) is 29.6 Å². The lowest BCUT2D eigenvalue weighted by Crippen LogP contribution is -2.33. The standard InChI is InChI=1S/C18H20O2/c1-11-8-14-10-15(13-6-4-3-5-7-13)17-18(14,20-17)16(9-11)12(2)19/h3-7,9,11,14-15,17H,8,10H2,1-2H3/t11-,14+,15-,17+,18+/m1/s1. The summed E-state index contributed by atoms with van der Waals surface area (Å²) in [7, 11) is 0. The highest BCUT2D eigenvalue weighted by atomic mass is 16.6. The maximum absolute atomic E-state index is 12.0. The smallest absolute Gasteiger partial charge is 0.158 e. The Labute approximate surface area is 119 Å². The lowest BCUT2D eigenvalue weighted by atomic mass is 9.74. The van der Waals surface area contributed by atoms with Gasteiger partial charge in [0, 0.05) is 11.5 Å². The Kier molecular flexibility index (Phi) is 2.50. The van der Waals surface area contributed by atoms with E-state index in [-0.39, 0.29) is 17.5 Å². The summed E-state index contributed by atoms with van der Waals surface area (Å²) in [5.41, 5.74) is 2.07. The van der Waals surface area contributed by atoms with Crippen molar-refractivity contribution in [2.75, 3.05) is 0 Å². The monoisotopic (exact) mass is 268 g/mol. The fourth-order valence-corrected chi connectivity index (χ4v) is 4.53. The predicted octanol–water partition coefficient (Wildman–Crippen LogP) is 3.48. The second-order valence-electron chi connectivity index (χ2n) is 6.63. The zero-order valence-corrected chi connectivity index (χ0v) is 12.0. The summed E-state index contributed by atoms with van der Waals surface area (Å²) >= 11 is 0. The van der Waals surface area contributed by atoms with E-state index in [9.17, 15) is 4.79 Å². The molecule has 4 rings (SSSR count). The fourth-order valence-electron chi connectivity index (χ4n) is 4.53. The van der Waals surface area contributed by atoms with E-state index in [0.29, 0.717) is 17.8 Å². The van der Waals surface area contributed by atoms with Gasteiger partial charge in [0.05, 0.1) is 6.10 Å². The van der Waals surface area contributed by atoms with Crippen LogP contribution in [0.25, 0.3) is 0 Å². The zero-order valence-electron chi connectivity index (χ0n) is 12.0. The van der Waals surface area contributed by atoms with Gasteiger partial charge in [0.2, 0.25) is 0 Å². The van der Waals surface area contributed by atoms with E-state index in [4.69, 9.17) is 4.74 Å². The van der Waals surface area contributed by atoms with Gasteiger partial charge in [-0.25, -0.2) is 0 Å². The Morgan fingerprint density at radius 1 is 1.25 bits per heavy atom. The fraction of sp³-hybridized carbons (Fsp3) is 0.500. The molecule has 0 bridgehead atoms. The molecular weight excluding hydrogens is 248 g/mol. The molecule has 1 saturated carbocycles. The summed E-state index contributed by atoms with van der Waals surface area (Å²) in [6, 6.07) is 10.6. The van der Waals surface area contributed by atoms with Crippen molar-refractivity contribution in [1.29, 1.82) is 0 Å². The maximum Gasteiger partial charge on any atom is 0.158 e. The minimum absolute atomic E-state index is 0.192. The lowest BCUT2D eigenvalue weighted by Gasteiger charge is -2.30. The van der Waals surface area contributed by atoms with Crippen molar-refractivity contribution >= 4 is 5.78 Å². The quantitative estimate of drug-likeness (QED) is 0.768. The number of carbonyl (C=O) groups is 1. The van der Waals surface area contributed by atoms with Crippen LogP contribution >= 0.6 is 0 Å². The summed E-state index contributed by atoms with van der Waals surface area (Å²) in [5.74, 6) is 1.65. The molecule has 2 fully saturated rings. The van der Waals surface area contributed by atoms with Crippen LogP contribution in [0.1, 0.15) is 38.2 Å². The van der Waals surface area contributed by atoms with Gasteiger partial charge >= 0.3 is 0 Å². The Hall–Kier alpha value is -1.41. The van der Waals surface area contributed by atoms with Gasteiger partial charge in [-0.15, -0.1) is 0 Å². The minimum Gasteiger partial charge on any atom is -0.360 e. The van der Waals surface area contributed by atoms with Crippen LogP contribution in [0.5, 0.6) is 0 Å². The molecule has 1 aliphatic heterocycles. The molecule has 1 spiro atoms. The van der Waals surface area contributed by atoms with Gasteiger partial charge in [0.1, 0.15) is 5.60 Å². The molecule has 0 radical (unpaired) electrons. The zero-order chi connectivity index (χ0) is 13.9. The van der Waals surface area contributed by atoms with E-state index in [2.05, 4.69) is 43.3 Å². The van der Waals surface area contributed by atoms with Crippen LogP contribution in [-0.2, 0) is 9.53 Å². The number of rotatable bonds is 2. The molecule has 2 aliphatic carbocycles. The molecule has 1 aromatic carbocycles. The number of ether oxygens (including phenoxy) is 1. The molecular formula is C18H20O2. The summed E-state index contributed by atoms with van der Waals surface area (Å²) in [6.45, 7) is 3.90. The van der Waals surface area contributed by atoms with Gasteiger partial charge in [0.25, 0.3) is 0 Å². The molecule has 1 saturated heterocycles. The van der Waals surface area contributed by atoms with Crippen LogP contribution in [0.15, 0.2) is 42.0 Å². The largest absolute Gasteiger partial charge is 0.360 e. The number of carbonyl (C=O) groups excluding carboxylic acids is 1. The molecule has 5 atom stereocenters. The van der Waals surface area contributed by atoms with E-state index < -0.39 is 0 Å². The molecule has 1 heterocycles. The number of allylic oxidation sites excluding steroid dienone is 1. The highest BCUT2D eigenvalue weighted by molar-refractivity contribution is 5.96. The van der Waals surface area contributed by atoms with Crippen molar-refractivity contribution in [2.24, 2.45) is 11.8 Å². The summed E-state index contributed by atoms with van der Waals surface area (Å²) in [4.78, 5) is 12.0.